The molecule has 3 aromatic heterocycles. The van der Waals surface area contributed by atoms with Gasteiger partial charge >= 0.3 is 0 Å². The Labute approximate surface area is 225 Å². The van der Waals surface area contributed by atoms with Crippen molar-refractivity contribution in [3.8, 4) is 11.5 Å². The summed E-state index contributed by atoms with van der Waals surface area (Å²) in [5.74, 6) is 1.40. The quantitative estimate of drug-likeness (QED) is 0.304. The number of rotatable bonds is 7. The third kappa shape index (κ3) is 4.28. The SMILES string of the molecule is COc1ccc(CN2CCC(n3cnc4cnc5c(ccn5S(=O)(=O)c5ccccc5)c43)CC2=O)c(OC)c1. The van der Waals surface area contributed by atoms with Crippen molar-refractivity contribution in [2.75, 3.05) is 20.8 Å². The molecular formula is C28H27N5O5S. The second-order valence-electron chi connectivity index (χ2n) is 9.45. The zero-order valence-corrected chi connectivity index (χ0v) is 22.3. The molecule has 1 saturated heterocycles. The van der Waals surface area contributed by atoms with Crippen LogP contribution in [0.3, 0.4) is 0 Å². The van der Waals surface area contributed by atoms with Gasteiger partial charge < -0.3 is 18.9 Å². The fourth-order valence-electron chi connectivity index (χ4n) is 5.22. The Morgan fingerprint density at radius 2 is 1.85 bits per heavy atom. The van der Waals surface area contributed by atoms with Gasteiger partial charge in [0, 0.05) is 48.8 Å². The van der Waals surface area contributed by atoms with Gasteiger partial charge in [0.05, 0.1) is 37.2 Å². The molecule has 0 aliphatic carbocycles. The number of likely N-dealkylation sites (tertiary alicyclic amines) is 1. The fraction of sp³-hybridized carbons (Fsp3) is 0.250. The summed E-state index contributed by atoms with van der Waals surface area (Å²) < 4.78 is 40.6. The van der Waals surface area contributed by atoms with Crippen LogP contribution in [0.1, 0.15) is 24.4 Å². The lowest BCUT2D eigenvalue weighted by Gasteiger charge is -2.33. The number of aromatic nitrogens is 4. The van der Waals surface area contributed by atoms with E-state index in [9.17, 15) is 13.2 Å². The minimum atomic E-state index is -3.82. The van der Waals surface area contributed by atoms with Gasteiger partial charge in [-0.15, -0.1) is 0 Å². The van der Waals surface area contributed by atoms with Crippen molar-refractivity contribution in [1.29, 1.82) is 0 Å². The molecule has 1 amide bonds. The van der Waals surface area contributed by atoms with Crippen molar-refractivity contribution in [2.24, 2.45) is 0 Å². The molecule has 0 spiro atoms. The summed E-state index contributed by atoms with van der Waals surface area (Å²) in [6.07, 6.45) is 5.85. The van der Waals surface area contributed by atoms with Crippen LogP contribution >= 0.6 is 0 Å². The highest BCUT2D eigenvalue weighted by atomic mass is 32.2. The molecule has 0 radical (unpaired) electrons. The zero-order chi connectivity index (χ0) is 27.1. The molecule has 1 atom stereocenters. The summed E-state index contributed by atoms with van der Waals surface area (Å²) in [5.41, 5.74) is 2.65. The molecule has 4 heterocycles. The molecule has 5 aromatic rings. The smallest absolute Gasteiger partial charge is 0.269 e. The zero-order valence-electron chi connectivity index (χ0n) is 21.5. The summed E-state index contributed by atoms with van der Waals surface area (Å²) in [5, 5.41) is 0.669. The molecule has 200 valence electrons. The number of carbonyl (C=O) groups excluding carboxylic acids is 1. The van der Waals surface area contributed by atoms with Gasteiger partial charge in [0.2, 0.25) is 5.91 Å². The minimum absolute atomic E-state index is 0.0282. The fourth-order valence-corrected chi connectivity index (χ4v) is 6.54. The average molecular weight is 546 g/mol. The number of piperidine rings is 1. The number of pyridine rings is 1. The lowest BCUT2D eigenvalue weighted by atomic mass is 10.0. The summed E-state index contributed by atoms with van der Waals surface area (Å²) in [6, 6.07) is 15.5. The van der Waals surface area contributed by atoms with Crippen LogP contribution in [0.25, 0.3) is 22.1 Å². The Morgan fingerprint density at radius 3 is 2.59 bits per heavy atom. The summed E-state index contributed by atoms with van der Waals surface area (Å²) in [4.78, 5) is 24.2. The monoisotopic (exact) mass is 545 g/mol. The van der Waals surface area contributed by atoms with Crippen LogP contribution in [0.4, 0.5) is 0 Å². The molecule has 39 heavy (non-hydrogen) atoms. The van der Waals surface area contributed by atoms with Crippen molar-refractivity contribution in [3.63, 3.8) is 0 Å². The van der Waals surface area contributed by atoms with E-state index in [0.29, 0.717) is 47.6 Å². The number of hydrogen-bond donors (Lipinski definition) is 0. The van der Waals surface area contributed by atoms with E-state index in [1.807, 2.05) is 27.7 Å². The Kier molecular flexibility index (Phi) is 6.22. The van der Waals surface area contributed by atoms with Crippen LogP contribution in [0.2, 0.25) is 0 Å². The molecule has 0 N–H and O–H groups in total. The van der Waals surface area contributed by atoms with Crippen molar-refractivity contribution in [1.82, 2.24) is 23.4 Å². The number of ether oxygens (including phenoxy) is 2. The second kappa shape index (κ2) is 9.73. The first-order valence-corrected chi connectivity index (χ1v) is 14.0. The number of nitrogens with zero attached hydrogens (tertiary/aromatic N) is 5. The van der Waals surface area contributed by atoms with Crippen molar-refractivity contribution in [2.45, 2.75) is 30.3 Å². The van der Waals surface area contributed by atoms with Gasteiger partial charge in [-0.2, -0.15) is 0 Å². The van der Waals surface area contributed by atoms with Crippen LogP contribution in [-0.2, 0) is 21.4 Å². The first kappa shape index (κ1) is 24.9. The number of imidazole rings is 1. The van der Waals surface area contributed by atoms with Gasteiger partial charge in [-0.05, 0) is 36.8 Å². The van der Waals surface area contributed by atoms with Gasteiger partial charge in [-0.1, -0.05) is 18.2 Å². The number of benzene rings is 2. The Morgan fingerprint density at radius 1 is 1.03 bits per heavy atom. The molecule has 1 unspecified atom stereocenters. The Balaban J connectivity index is 1.29. The third-order valence-electron chi connectivity index (χ3n) is 7.26. The lowest BCUT2D eigenvalue weighted by Crippen LogP contribution is -2.39. The van der Waals surface area contributed by atoms with Gasteiger partial charge in [0.1, 0.15) is 17.0 Å². The summed E-state index contributed by atoms with van der Waals surface area (Å²) in [6.45, 7) is 1.01. The predicted octanol–water partition coefficient (Wildman–Crippen LogP) is 4.00. The van der Waals surface area contributed by atoms with Gasteiger partial charge in [0.15, 0.2) is 5.65 Å². The van der Waals surface area contributed by atoms with E-state index in [-0.39, 0.29) is 16.8 Å². The molecule has 6 rings (SSSR count). The number of methoxy groups -OCH3 is 2. The van der Waals surface area contributed by atoms with Crippen molar-refractivity contribution < 1.29 is 22.7 Å². The molecule has 1 fully saturated rings. The molecule has 10 nitrogen and oxygen atoms in total. The highest BCUT2D eigenvalue weighted by Crippen LogP contribution is 2.33. The van der Waals surface area contributed by atoms with E-state index in [1.54, 1.807) is 63.1 Å². The van der Waals surface area contributed by atoms with Crippen LogP contribution in [0.15, 0.2) is 78.2 Å². The number of fused-ring (bicyclic) bond motifs is 3. The molecule has 0 saturated carbocycles. The molecular weight excluding hydrogens is 518 g/mol. The number of hydrogen-bond acceptors (Lipinski definition) is 7. The van der Waals surface area contributed by atoms with Gasteiger partial charge in [-0.25, -0.2) is 22.4 Å². The Hall–Kier alpha value is -4.38. The third-order valence-corrected chi connectivity index (χ3v) is 8.94. The maximum atomic E-state index is 13.3. The molecule has 11 heteroatoms. The van der Waals surface area contributed by atoms with Crippen LogP contribution < -0.4 is 9.47 Å². The van der Waals surface area contributed by atoms with E-state index in [4.69, 9.17) is 9.47 Å². The van der Waals surface area contributed by atoms with Crippen molar-refractivity contribution >= 4 is 38.0 Å². The average Bonchev–Trinajstić information content (AvgIpc) is 3.59. The minimum Gasteiger partial charge on any atom is -0.497 e. The van der Waals surface area contributed by atoms with Crippen LogP contribution in [-0.4, -0.2) is 58.5 Å². The first-order chi connectivity index (χ1) is 18.9. The van der Waals surface area contributed by atoms with E-state index in [0.717, 1.165) is 17.5 Å². The summed E-state index contributed by atoms with van der Waals surface area (Å²) in [7, 11) is -0.620. The highest BCUT2D eigenvalue weighted by molar-refractivity contribution is 7.90. The van der Waals surface area contributed by atoms with Crippen molar-refractivity contribution in [3.05, 3.63) is 78.9 Å². The maximum absolute atomic E-state index is 13.3. The predicted molar refractivity (Wildman–Crippen MR) is 145 cm³/mol. The first-order valence-electron chi connectivity index (χ1n) is 12.5. The normalized spacial score (nSPS) is 16.2. The van der Waals surface area contributed by atoms with E-state index >= 15 is 0 Å². The van der Waals surface area contributed by atoms with Gasteiger partial charge in [-0.3, -0.25) is 4.79 Å². The summed E-state index contributed by atoms with van der Waals surface area (Å²) >= 11 is 0. The van der Waals surface area contributed by atoms with Crippen LogP contribution in [0.5, 0.6) is 11.5 Å². The topological polar surface area (TPSA) is 109 Å². The number of amides is 1. The van der Waals surface area contributed by atoms with Gasteiger partial charge in [0.25, 0.3) is 10.0 Å². The molecule has 1 aliphatic heterocycles. The molecule has 0 bridgehead atoms. The standard InChI is InChI=1S/C28H27N5O5S/c1-37-21-9-8-19(25(15-21)38-2)17-31-12-10-20(14-26(31)34)32-18-30-24-16-29-28-23(27(24)32)11-13-33(28)39(35,36)22-6-4-3-5-7-22/h3-9,11,13,15-16,18,20H,10,12,14,17H2,1-2H3. The van der Waals surface area contributed by atoms with Crippen LogP contribution in [0, 0.1) is 0 Å². The van der Waals surface area contributed by atoms with E-state index in [1.165, 1.54) is 10.2 Å². The lowest BCUT2D eigenvalue weighted by molar-refractivity contribution is -0.135. The van der Waals surface area contributed by atoms with E-state index < -0.39 is 10.0 Å². The maximum Gasteiger partial charge on any atom is 0.269 e. The molecule has 1 aliphatic rings. The Bertz CT molecular complexity index is 1800. The largest absolute Gasteiger partial charge is 0.497 e. The molecule has 2 aromatic carbocycles. The highest BCUT2D eigenvalue weighted by Gasteiger charge is 2.30. The number of carbonyl (C=O) groups is 1. The van der Waals surface area contributed by atoms with E-state index in [2.05, 4.69) is 9.97 Å². The second-order valence-corrected chi connectivity index (χ2v) is 11.3.